The van der Waals surface area contributed by atoms with Gasteiger partial charge in [0.15, 0.2) is 0 Å². The Morgan fingerprint density at radius 1 is 1.05 bits per heavy atom. The van der Waals surface area contributed by atoms with E-state index >= 15 is 0 Å². The van der Waals surface area contributed by atoms with Crippen molar-refractivity contribution in [2.75, 3.05) is 5.32 Å². The highest BCUT2D eigenvalue weighted by Crippen LogP contribution is 2.33. The minimum absolute atomic E-state index is 0.0588. The molecule has 0 unspecified atom stereocenters. The molecule has 0 heterocycles. The Balaban J connectivity index is 2.44. The van der Waals surface area contributed by atoms with Gasteiger partial charge in [0.1, 0.15) is 0 Å². The third-order valence-corrected chi connectivity index (χ3v) is 3.49. The summed E-state index contributed by atoms with van der Waals surface area (Å²) in [6.07, 6.45) is 0. The summed E-state index contributed by atoms with van der Waals surface area (Å²) in [6.45, 7) is 0. The van der Waals surface area contributed by atoms with Crippen LogP contribution in [-0.4, -0.2) is 11.1 Å². The van der Waals surface area contributed by atoms with Gasteiger partial charge in [-0.25, -0.2) is 4.79 Å². The number of nitrogens with one attached hydrogen (secondary N) is 1. The highest BCUT2D eigenvalue weighted by molar-refractivity contribution is 6.43. The monoisotopic (exact) mass is 315 g/mol. The average molecular weight is 317 g/mol. The van der Waals surface area contributed by atoms with Crippen molar-refractivity contribution in [1.29, 1.82) is 0 Å². The fourth-order valence-electron chi connectivity index (χ4n) is 1.55. The maximum absolute atomic E-state index is 11.2. The topological polar surface area (TPSA) is 49.3 Å². The fraction of sp³-hybridized carbons (Fsp3) is 0. The molecule has 0 spiro atoms. The molecular formula is C13H8Cl3NO2. The van der Waals surface area contributed by atoms with Gasteiger partial charge in [0.25, 0.3) is 0 Å². The van der Waals surface area contributed by atoms with E-state index in [0.29, 0.717) is 26.4 Å². The maximum atomic E-state index is 11.2. The van der Waals surface area contributed by atoms with Crippen LogP contribution in [-0.2, 0) is 0 Å². The van der Waals surface area contributed by atoms with Crippen LogP contribution < -0.4 is 5.32 Å². The van der Waals surface area contributed by atoms with Crippen molar-refractivity contribution >= 4 is 52.1 Å². The highest BCUT2D eigenvalue weighted by Gasteiger charge is 2.12. The average Bonchev–Trinajstić information content (AvgIpc) is 2.36. The van der Waals surface area contributed by atoms with Crippen molar-refractivity contribution in [2.45, 2.75) is 0 Å². The lowest BCUT2D eigenvalue weighted by molar-refractivity contribution is 0.0698. The zero-order valence-corrected chi connectivity index (χ0v) is 11.7. The molecule has 0 atom stereocenters. The normalized spacial score (nSPS) is 10.3. The number of benzene rings is 2. The van der Waals surface area contributed by atoms with Gasteiger partial charge in [-0.15, -0.1) is 0 Å². The van der Waals surface area contributed by atoms with Crippen LogP contribution in [0.1, 0.15) is 10.4 Å². The molecule has 0 saturated carbocycles. The van der Waals surface area contributed by atoms with Crippen LogP contribution in [0.2, 0.25) is 15.1 Å². The number of halogens is 3. The second kappa shape index (κ2) is 5.70. The minimum atomic E-state index is -1.08. The smallest absolute Gasteiger partial charge is 0.337 e. The van der Waals surface area contributed by atoms with Gasteiger partial charge in [-0.3, -0.25) is 0 Å². The Morgan fingerprint density at radius 3 is 2.47 bits per heavy atom. The fourth-order valence-corrected chi connectivity index (χ4v) is 2.07. The predicted molar refractivity (Wildman–Crippen MR) is 78.2 cm³/mol. The number of aromatic carboxylic acids is 1. The van der Waals surface area contributed by atoms with Gasteiger partial charge in [-0.05, 0) is 30.3 Å². The van der Waals surface area contributed by atoms with Gasteiger partial charge in [0, 0.05) is 5.02 Å². The van der Waals surface area contributed by atoms with Crippen LogP contribution in [0.15, 0.2) is 36.4 Å². The quantitative estimate of drug-likeness (QED) is 0.829. The van der Waals surface area contributed by atoms with Crippen molar-refractivity contribution in [2.24, 2.45) is 0 Å². The number of carboxylic acids is 1. The summed E-state index contributed by atoms with van der Waals surface area (Å²) in [5.74, 6) is -1.08. The Morgan fingerprint density at radius 2 is 1.79 bits per heavy atom. The van der Waals surface area contributed by atoms with Crippen molar-refractivity contribution in [3.63, 3.8) is 0 Å². The van der Waals surface area contributed by atoms with E-state index in [2.05, 4.69) is 5.32 Å². The summed E-state index contributed by atoms with van der Waals surface area (Å²) in [5.41, 5.74) is 0.976. The summed E-state index contributed by atoms with van der Waals surface area (Å²) < 4.78 is 0. The van der Waals surface area contributed by atoms with Gasteiger partial charge in [-0.2, -0.15) is 0 Å². The Kier molecular flexibility index (Phi) is 4.20. The lowest BCUT2D eigenvalue weighted by Crippen LogP contribution is -2.03. The Hall–Kier alpha value is -1.42. The van der Waals surface area contributed by atoms with E-state index in [1.165, 1.54) is 6.07 Å². The predicted octanol–water partition coefficient (Wildman–Crippen LogP) is 5.09. The SMILES string of the molecule is O=C(O)c1cc(Cl)ccc1Nc1cccc(Cl)c1Cl. The van der Waals surface area contributed by atoms with Crippen LogP contribution in [0.3, 0.4) is 0 Å². The van der Waals surface area contributed by atoms with Crippen LogP contribution in [0.25, 0.3) is 0 Å². The van der Waals surface area contributed by atoms with E-state index in [1.54, 1.807) is 30.3 Å². The molecule has 0 radical (unpaired) electrons. The van der Waals surface area contributed by atoms with Gasteiger partial charge in [0.2, 0.25) is 0 Å². The van der Waals surface area contributed by atoms with Crippen molar-refractivity contribution < 1.29 is 9.90 Å². The molecule has 2 N–H and O–H groups in total. The van der Waals surface area contributed by atoms with Crippen LogP contribution in [0.4, 0.5) is 11.4 Å². The number of hydrogen-bond acceptors (Lipinski definition) is 2. The molecule has 0 saturated heterocycles. The third kappa shape index (κ3) is 3.13. The molecule has 0 aliphatic heterocycles. The molecule has 0 amide bonds. The molecule has 2 aromatic rings. The summed E-state index contributed by atoms with van der Waals surface area (Å²) in [4.78, 5) is 11.2. The molecule has 2 rings (SSSR count). The third-order valence-electron chi connectivity index (χ3n) is 2.43. The molecule has 2 aromatic carbocycles. The number of rotatable bonds is 3. The van der Waals surface area contributed by atoms with Crippen LogP contribution in [0.5, 0.6) is 0 Å². The van der Waals surface area contributed by atoms with E-state index in [0.717, 1.165) is 0 Å². The first-order valence-electron chi connectivity index (χ1n) is 5.23. The van der Waals surface area contributed by atoms with Crippen LogP contribution >= 0.6 is 34.8 Å². The first kappa shape index (κ1) is 14.0. The molecule has 3 nitrogen and oxygen atoms in total. The summed E-state index contributed by atoms with van der Waals surface area (Å²) in [7, 11) is 0. The maximum Gasteiger partial charge on any atom is 0.337 e. The van der Waals surface area contributed by atoms with Crippen molar-refractivity contribution in [3.05, 3.63) is 57.0 Å². The van der Waals surface area contributed by atoms with Crippen LogP contribution in [0, 0.1) is 0 Å². The molecular weight excluding hydrogens is 309 g/mol. The van der Waals surface area contributed by atoms with E-state index < -0.39 is 5.97 Å². The zero-order valence-electron chi connectivity index (χ0n) is 9.45. The first-order valence-corrected chi connectivity index (χ1v) is 6.36. The largest absolute Gasteiger partial charge is 0.478 e. The first-order chi connectivity index (χ1) is 8.99. The lowest BCUT2D eigenvalue weighted by atomic mass is 10.1. The number of anilines is 2. The number of carboxylic acid groups (broad SMARTS) is 1. The van der Waals surface area contributed by atoms with Gasteiger partial charge >= 0.3 is 5.97 Å². The van der Waals surface area contributed by atoms with Gasteiger partial charge < -0.3 is 10.4 Å². The van der Waals surface area contributed by atoms with Gasteiger partial charge in [0.05, 0.1) is 27.0 Å². The lowest BCUT2D eigenvalue weighted by Gasteiger charge is -2.12. The standard InChI is InChI=1S/C13H8Cl3NO2/c14-7-4-5-10(8(6-7)13(18)19)17-11-3-1-2-9(15)12(11)16/h1-6,17H,(H,18,19). The Labute approximate surface area is 124 Å². The molecule has 98 valence electrons. The number of hydrogen-bond donors (Lipinski definition) is 2. The van der Waals surface area contributed by atoms with E-state index in [9.17, 15) is 4.79 Å². The highest BCUT2D eigenvalue weighted by atomic mass is 35.5. The number of carbonyl (C=O) groups is 1. The molecule has 19 heavy (non-hydrogen) atoms. The minimum Gasteiger partial charge on any atom is -0.478 e. The summed E-state index contributed by atoms with van der Waals surface area (Å²) >= 11 is 17.7. The molecule has 0 aliphatic carbocycles. The summed E-state index contributed by atoms with van der Waals surface area (Å²) in [5, 5.41) is 13.1. The van der Waals surface area contributed by atoms with E-state index in [1.807, 2.05) is 0 Å². The molecule has 0 bridgehead atoms. The molecule has 0 aromatic heterocycles. The summed E-state index contributed by atoms with van der Waals surface area (Å²) in [6, 6.07) is 9.60. The van der Waals surface area contributed by atoms with Gasteiger partial charge in [-0.1, -0.05) is 40.9 Å². The zero-order chi connectivity index (χ0) is 14.0. The van der Waals surface area contributed by atoms with E-state index in [4.69, 9.17) is 39.9 Å². The Bertz CT molecular complexity index is 644. The molecule has 6 heteroatoms. The molecule has 0 fully saturated rings. The van der Waals surface area contributed by atoms with Crippen molar-refractivity contribution in [3.8, 4) is 0 Å². The van der Waals surface area contributed by atoms with E-state index in [-0.39, 0.29) is 5.56 Å². The second-order valence-corrected chi connectivity index (χ2v) is 4.94. The molecule has 0 aliphatic rings. The van der Waals surface area contributed by atoms with Crippen molar-refractivity contribution in [1.82, 2.24) is 0 Å². The second-order valence-electron chi connectivity index (χ2n) is 3.72.